The molecule has 0 bridgehead atoms. The van der Waals surface area contributed by atoms with Crippen LogP contribution >= 0.6 is 11.6 Å². The number of esters is 2. The molecule has 1 aromatic carbocycles. The zero-order chi connectivity index (χ0) is 13.1. The molecule has 0 saturated carbocycles. The van der Waals surface area contributed by atoms with Gasteiger partial charge in [0.05, 0.1) is 11.1 Å². The molecule has 4 heteroatoms. The van der Waals surface area contributed by atoms with E-state index in [-0.39, 0.29) is 16.2 Å². The summed E-state index contributed by atoms with van der Waals surface area (Å²) in [6.07, 6.45) is 3.21. The summed E-state index contributed by atoms with van der Waals surface area (Å²) in [5, 5.41) is -0.00133. The van der Waals surface area contributed by atoms with E-state index in [1.807, 2.05) is 30.3 Å². The van der Waals surface area contributed by atoms with Crippen molar-refractivity contribution >= 4 is 29.6 Å². The molecule has 0 amide bonds. The molecule has 2 rings (SSSR count). The Hall–Kier alpha value is -2.13. The first-order valence-electron chi connectivity index (χ1n) is 5.18. The fraction of sp³-hybridized carbons (Fsp3) is 0. The number of hydrogen-bond acceptors (Lipinski definition) is 3. The molecule has 0 radical (unpaired) electrons. The normalized spacial score (nSPS) is 15.4. The summed E-state index contributed by atoms with van der Waals surface area (Å²) in [5.41, 5.74) is 1.05. The highest BCUT2D eigenvalue weighted by Crippen LogP contribution is 2.26. The maximum absolute atomic E-state index is 11.5. The van der Waals surface area contributed by atoms with Crippen LogP contribution < -0.4 is 0 Å². The lowest BCUT2D eigenvalue weighted by atomic mass is 10.1. The molecule has 0 atom stereocenters. The summed E-state index contributed by atoms with van der Waals surface area (Å²) in [5.74, 6) is -1.46. The lowest BCUT2D eigenvalue weighted by Gasteiger charge is -1.94. The molecule has 1 aliphatic heterocycles. The van der Waals surface area contributed by atoms with E-state index in [0.29, 0.717) is 0 Å². The Morgan fingerprint density at radius 1 is 1.11 bits per heavy atom. The molecule has 90 valence electrons. The standard InChI is InChI=1S/C14H9ClO3/c1-9(15)12-11(13(16)18-14(12)17)8-7-10-5-3-2-4-6-10/h2-8H,1H2. The van der Waals surface area contributed by atoms with Gasteiger partial charge in [-0.15, -0.1) is 0 Å². The molecular weight excluding hydrogens is 252 g/mol. The zero-order valence-electron chi connectivity index (χ0n) is 9.35. The molecule has 0 saturated heterocycles. The van der Waals surface area contributed by atoms with Crippen LogP contribution in [-0.4, -0.2) is 11.9 Å². The highest BCUT2D eigenvalue weighted by molar-refractivity contribution is 6.37. The van der Waals surface area contributed by atoms with Crippen molar-refractivity contribution in [2.45, 2.75) is 0 Å². The topological polar surface area (TPSA) is 43.4 Å². The van der Waals surface area contributed by atoms with E-state index in [0.717, 1.165) is 5.56 Å². The maximum Gasteiger partial charge on any atom is 0.348 e. The Kier molecular flexibility index (Phi) is 3.44. The minimum absolute atomic E-state index is 0.00133. The van der Waals surface area contributed by atoms with Crippen molar-refractivity contribution in [2.24, 2.45) is 0 Å². The van der Waals surface area contributed by atoms with Gasteiger partial charge in [-0.3, -0.25) is 0 Å². The van der Waals surface area contributed by atoms with Gasteiger partial charge in [-0.25, -0.2) is 9.59 Å². The molecule has 1 aliphatic rings. The lowest BCUT2D eigenvalue weighted by Crippen LogP contribution is -2.01. The second kappa shape index (κ2) is 5.02. The Bertz CT molecular complexity index is 582. The second-order valence-electron chi connectivity index (χ2n) is 3.61. The summed E-state index contributed by atoms with van der Waals surface area (Å²) >= 11 is 5.68. The Labute approximate surface area is 109 Å². The van der Waals surface area contributed by atoms with Crippen molar-refractivity contribution in [1.29, 1.82) is 0 Å². The van der Waals surface area contributed by atoms with Crippen molar-refractivity contribution in [3.63, 3.8) is 0 Å². The zero-order valence-corrected chi connectivity index (χ0v) is 10.1. The fourth-order valence-corrected chi connectivity index (χ4v) is 1.73. The highest BCUT2D eigenvalue weighted by atomic mass is 35.5. The van der Waals surface area contributed by atoms with Crippen LogP contribution in [-0.2, 0) is 14.3 Å². The Balaban J connectivity index is 2.37. The van der Waals surface area contributed by atoms with E-state index in [1.54, 1.807) is 6.08 Å². The number of halogens is 1. The van der Waals surface area contributed by atoms with Gasteiger partial charge in [0.15, 0.2) is 0 Å². The van der Waals surface area contributed by atoms with Gasteiger partial charge in [0, 0.05) is 5.03 Å². The highest BCUT2D eigenvalue weighted by Gasteiger charge is 2.32. The molecule has 0 spiro atoms. The summed E-state index contributed by atoms with van der Waals surface area (Å²) in [7, 11) is 0. The summed E-state index contributed by atoms with van der Waals surface area (Å²) in [4.78, 5) is 22.8. The summed E-state index contributed by atoms with van der Waals surface area (Å²) in [6.45, 7) is 3.45. The molecule has 0 fully saturated rings. The molecule has 1 heterocycles. The van der Waals surface area contributed by atoms with Crippen LogP contribution in [0.2, 0.25) is 0 Å². The summed E-state index contributed by atoms with van der Waals surface area (Å²) in [6, 6.07) is 9.36. The smallest absolute Gasteiger partial charge is 0.348 e. The third kappa shape index (κ3) is 2.41. The largest absolute Gasteiger partial charge is 0.386 e. The monoisotopic (exact) mass is 260 g/mol. The molecule has 0 aliphatic carbocycles. The minimum atomic E-state index is -0.757. The van der Waals surface area contributed by atoms with Gasteiger partial charge >= 0.3 is 11.9 Å². The number of carbonyl (C=O) groups is 2. The first-order valence-corrected chi connectivity index (χ1v) is 5.56. The van der Waals surface area contributed by atoms with Crippen molar-refractivity contribution < 1.29 is 14.3 Å². The van der Waals surface area contributed by atoms with E-state index < -0.39 is 11.9 Å². The Morgan fingerprint density at radius 3 is 2.39 bits per heavy atom. The predicted octanol–water partition coefficient (Wildman–Crippen LogP) is 2.83. The average Bonchev–Trinajstić information content (AvgIpc) is 2.62. The fourth-order valence-electron chi connectivity index (χ4n) is 1.55. The van der Waals surface area contributed by atoms with Gasteiger partial charge in [0.2, 0.25) is 0 Å². The number of carbonyl (C=O) groups excluding carboxylic acids is 2. The van der Waals surface area contributed by atoms with Crippen molar-refractivity contribution in [1.82, 2.24) is 0 Å². The number of hydrogen-bond donors (Lipinski definition) is 0. The summed E-state index contributed by atoms with van der Waals surface area (Å²) < 4.78 is 4.49. The van der Waals surface area contributed by atoms with E-state index in [4.69, 9.17) is 11.6 Å². The first-order chi connectivity index (χ1) is 8.59. The van der Waals surface area contributed by atoms with Gasteiger partial charge in [0.1, 0.15) is 0 Å². The second-order valence-corrected chi connectivity index (χ2v) is 4.07. The van der Waals surface area contributed by atoms with Crippen molar-refractivity contribution in [2.75, 3.05) is 0 Å². The van der Waals surface area contributed by atoms with Gasteiger partial charge in [-0.2, -0.15) is 0 Å². The quantitative estimate of drug-likeness (QED) is 0.620. The maximum atomic E-state index is 11.5. The van der Waals surface area contributed by atoms with Crippen LogP contribution in [0.5, 0.6) is 0 Å². The third-order valence-electron chi connectivity index (χ3n) is 2.39. The Morgan fingerprint density at radius 2 is 1.78 bits per heavy atom. The molecule has 0 N–H and O–H groups in total. The van der Waals surface area contributed by atoms with Crippen LogP contribution in [0.3, 0.4) is 0 Å². The molecule has 1 aromatic rings. The van der Waals surface area contributed by atoms with E-state index >= 15 is 0 Å². The first kappa shape index (κ1) is 12.3. The van der Waals surface area contributed by atoms with Gasteiger partial charge in [-0.1, -0.05) is 54.6 Å². The molecular formula is C14H9ClO3. The molecule has 0 unspecified atom stereocenters. The predicted molar refractivity (Wildman–Crippen MR) is 68.6 cm³/mol. The molecule has 3 nitrogen and oxygen atoms in total. The van der Waals surface area contributed by atoms with Crippen LogP contribution in [0.25, 0.3) is 6.08 Å². The van der Waals surface area contributed by atoms with Crippen molar-refractivity contribution in [3.05, 3.63) is 64.7 Å². The minimum Gasteiger partial charge on any atom is -0.386 e. The van der Waals surface area contributed by atoms with E-state index in [1.165, 1.54) is 6.08 Å². The van der Waals surface area contributed by atoms with Crippen LogP contribution in [0.4, 0.5) is 0 Å². The number of benzene rings is 1. The van der Waals surface area contributed by atoms with Crippen LogP contribution in [0, 0.1) is 0 Å². The van der Waals surface area contributed by atoms with Gasteiger partial charge in [0.25, 0.3) is 0 Å². The van der Waals surface area contributed by atoms with E-state index in [9.17, 15) is 9.59 Å². The van der Waals surface area contributed by atoms with Crippen LogP contribution in [0.1, 0.15) is 5.56 Å². The van der Waals surface area contributed by atoms with Gasteiger partial charge < -0.3 is 4.74 Å². The number of ether oxygens (including phenoxy) is 1. The van der Waals surface area contributed by atoms with E-state index in [2.05, 4.69) is 11.3 Å². The van der Waals surface area contributed by atoms with Crippen LogP contribution in [0.15, 0.2) is 59.2 Å². The third-order valence-corrected chi connectivity index (χ3v) is 2.58. The van der Waals surface area contributed by atoms with Crippen molar-refractivity contribution in [3.8, 4) is 0 Å². The average molecular weight is 261 g/mol. The number of rotatable bonds is 3. The number of cyclic esters (lactones) is 2. The van der Waals surface area contributed by atoms with Gasteiger partial charge in [-0.05, 0) is 11.6 Å². The molecule has 0 aromatic heterocycles. The molecule has 18 heavy (non-hydrogen) atoms. The lowest BCUT2D eigenvalue weighted by molar-refractivity contribution is -0.150. The SMILES string of the molecule is C=C(Cl)C1=C(C=Cc2ccccc2)C(=O)OC1=O.